The number of methoxy groups -OCH3 is 1. The van der Waals surface area contributed by atoms with Gasteiger partial charge in [-0.15, -0.1) is 0 Å². The van der Waals surface area contributed by atoms with E-state index >= 15 is 0 Å². The van der Waals surface area contributed by atoms with Crippen LogP contribution in [0.2, 0.25) is 0 Å². The fourth-order valence-corrected chi connectivity index (χ4v) is 2.73. The Morgan fingerprint density at radius 3 is 2.37 bits per heavy atom. The third-order valence-corrected chi connectivity index (χ3v) is 4.37. The highest BCUT2D eigenvalue weighted by atomic mass is 16.5. The monoisotopic (exact) mass is 369 g/mol. The molecule has 0 unspecified atom stereocenters. The third kappa shape index (κ3) is 6.15. The Morgan fingerprint density at radius 2 is 1.78 bits per heavy atom. The zero-order valence-electron chi connectivity index (χ0n) is 16.1. The number of carboxylic acid groups (broad SMARTS) is 1. The van der Waals surface area contributed by atoms with Gasteiger partial charge in [0, 0.05) is 6.54 Å². The number of likely N-dealkylation sites (N-methyl/N-ethyl adjacent to an activating group) is 1. The second kappa shape index (κ2) is 10.4. The summed E-state index contributed by atoms with van der Waals surface area (Å²) in [4.78, 5) is 14.0. The lowest BCUT2D eigenvalue weighted by molar-refractivity contribution is -0.130. The Bertz CT molecular complexity index is 764. The maximum atomic E-state index is 11.7. The van der Waals surface area contributed by atoms with Gasteiger partial charge in [0.2, 0.25) is 0 Å². The largest absolute Gasteiger partial charge is 0.497 e. The topological polar surface area (TPSA) is 59.0 Å². The van der Waals surface area contributed by atoms with Crippen molar-refractivity contribution in [3.63, 3.8) is 0 Å². The molecule has 5 nitrogen and oxygen atoms in total. The average Bonchev–Trinajstić information content (AvgIpc) is 2.70. The van der Waals surface area contributed by atoms with Crippen molar-refractivity contribution in [2.24, 2.45) is 0 Å². The molecule has 0 aromatic heterocycles. The molecule has 1 N–H and O–H groups in total. The summed E-state index contributed by atoms with van der Waals surface area (Å²) in [5.41, 5.74) is 1.62. The van der Waals surface area contributed by atoms with E-state index in [0.717, 1.165) is 30.9 Å². The molecule has 0 spiro atoms. The van der Waals surface area contributed by atoms with Crippen molar-refractivity contribution in [1.82, 2.24) is 4.90 Å². The van der Waals surface area contributed by atoms with Crippen molar-refractivity contribution >= 4 is 17.6 Å². The molecule has 0 saturated carbocycles. The highest BCUT2D eigenvalue weighted by Crippen LogP contribution is 2.23. The highest BCUT2D eigenvalue weighted by Gasteiger charge is 2.11. The lowest BCUT2D eigenvalue weighted by Crippen LogP contribution is -2.27. The predicted molar refractivity (Wildman–Crippen MR) is 108 cm³/mol. The van der Waals surface area contributed by atoms with E-state index in [1.807, 2.05) is 24.3 Å². The van der Waals surface area contributed by atoms with E-state index in [0.29, 0.717) is 17.9 Å². The standard InChI is InChI=1S/C22H27NO4/c1-4-23(5-2)13-14-27-20-8-6-7-17(15-20)16-21(22(24)25)18-9-11-19(26-3)12-10-18/h6-12,15-16H,4-5,13-14H2,1-3H3,(H,24,25)/b21-16-. The van der Waals surface area contributed by atoms with Gasteiger partial charge in [-0.25, -0.2) is 4.79 Å². The fourth-order valence-electron chi connectivity index (χ4n) is 2.73. The molecule has 0 aliphatic rings. The summed E-state index contributed by atoms with van der Waals surface area (Å²) in [7, 11) is 1.58. The van der Waals surface area contributed by atoms with E-state index in [-0.39, 0.29) is 5.57 Å². The first-order chi connectivity index (χ1) is 13.1. The molecule has 0 amide bonds. The van der Waals surface area contributed by atoms with Gasteiger partial charge in [-0.05, 0) is 54.6 Å². The zero-order chi connectivity index (χ0) is 19.6. The van der Waals surface area contributed by atoms with Crippen molar-refractivity contribution in [2.45, 2.75) is 13.8 Å². The first-order valence-corrected chi connectivity index (χ1v) is 9.12. The van der Waals surface area contributed by atoms with Crippen molar-refractivity contribution < 1.29 is 19.4 Å². The van der Waals surface area contributed by atoms with Gasteiger partial charge in [-0.1, -0.05) is 38.1 Å². The highest BCUT2D eigenvalue weighted by molar-refractivity contribution is 6.20. The number of benzene rings is 2. The summed E-state index contributed by atoms with van der Waals surface area (Å²) < 4.78 is 11.0. The average molecular weight is 369 g/mol. The Balaban J connectivity index is 2.15. The van der Waals surface area contributed by atoms with Gasteiger partial charge in [-0.3, -0.25) is 0 Å². The van der Waals surface area contributed by atoms with Crippen LogP contribution in [0, 0.1) is 0 Å². The molecular formula is C22H27NO4. The number of carbonyl (C=O) groups is 1. The number of aliphatic carboxylic acids is 1. The zero-order valence-corrected chi connectivity index (χ0v) is 16.1. The molecule has 0 saturated heterocycles. The maximum Gasteiger partial charge on any atom is 0.336 e. The van der Waals surface area contributed by atoms with Gasteiger partial charge in [0.15, 0.2) is 0 Å². The molecule has 2 rings (SSSR count). The Kier molecular flexibility index (Phi) is 7.89. The Labute approximate surface area is 160 Å². The lowest BCUT2D eigenvalue weighted by atomic mass is 10.0. The molecule has 0 radical (unpaired) electrons. The predicted octanol–water partition coefficient (Wildman–Crippen LogP) is 4.04. The Hall–Kier alpha value is -2.79. The molecule has 0 heterocycles. The fraction of sp³-hybridized carbons (Fsp3) is 0.318. The third-order valence-electron chi connectivity index (χ3n) is 4.37. The molecule has 0 atom stereocenters. The van der Waals surface area contributed by atoms with Crippen LogP contribution in [0.3, 0.4) is 0 Å². The summed E-state index contributed by atoms with van der Waals surface area (Å²) in [6, 6.07) is 14.4. The van der Waals surface area contributed by atoms with Gasteiger partial charge in [0.05, 0.1) is 12.7 Å². The lowest BCUT2D eigenvalue weighted by Gasteiger charge is -2.18. The number of hydrogen-bond acceptors (Lipinski definition) is 4. The number of ether oxygens (including phenoxy) is 2. The molecule has 144 valence electrons. The van der Waals surface area contributed by atoms with Crippen LogP contribution in [0.5, 0.6) is 11.5 Å². The van der Waals surface area contributed by atoms with E-state index in [1.54, 1.807) is 37.5 Å². The van der Waals surface area contributed by atoms with Gasteiger partial charge >= 0.3 is 5.97 Å². The number of carboxylic acids is 1. The minimum absolute atomic E-state index is 0.220. The van der Waals surface area contributed by atoms with Crippen LogP contribution in [0.25, 0.3) is 11.6 Å². The van der Waals surface area contributed by atoms with Crippen LogP contribution in [0.4, 0.5) is 0 Å². The summed E-state index contributed by atoms with van der Waals surface area (Å²) in [6.07, 6.45) is 1.65. The first kappa shape index (κ1) is 20.5. The summed E-state index contributed by atoms with van der Waals surface area (Å²) in [5.74, 6) is 0.440. The van der Waals surface area contributed by atoms with Crippen molar-refractivity contribution in [2.75, 3.05) is 33.4 Å². The van der Waals surface area contributed by atoms with Gasteiger partial charge < -0.3 is 19.5 Å². The summed E-state index contributed by atoms with van der Waals surface area (Å²) >= 11 is 0. The van der Waals surface area contributed by atoms with Crippen molar-refractivity contribution in [3.05, 3.63) is 59.7 Å². The van der Waals surface area contributed by atoms with Gasteiger partial charge in [0.1, 0.15) is 18.1 Å². The molecule has 2 aromatic rings. The van der Waals surface area contributed by atoms with Crippen LogP contribution in [-0.2, 0) is 4.79 Å². The van der Waals surface area contributed by atoms with Crippen molar-refractivity contribution in [3.8, 4) is 11.5 Å². The maximum absolute atomic E-state index is 11.7. The second-order valence-corrected chi connectivity index (χ2v) is 6.04. The quantitative estimate of drug-likeness (QED) is 0.506. The molecule has 2 aromatic carbocycles. The van der Waals surface area contributed by atoms with Crippen LogP contribution in [0.15, 0.2) is 48.5 Å². The number of rotatable bonds is 10. The van der Waals surface area contributed by atoms with Crippen LogP contribution >= 0.6 is 0 Å². The van der Waals surface area contributed by atoms with Gasteiger partial charge in [0.25, 0.3) is 0 Å². The van der Waals surface area contributed by atoms with Crippen molar-refractivity contribution in [1.29, 1.82) is 0 Å². The minimum Gasteiger partial charge on any atom is -0.497 e. The Morgan fingerprint density at radius 1 is 1.07 bits per heavy atom. The molecule has 0 fully saturated rings. The number of nitrogens with zero attached hydrogens (tertiary/aromatic N) is 1. The van der Waals surface area contributed by atoms with Crippen LogP contribution in [0.1, 0.15) is 25.0 Å². The summed E-state index contributed by atoms with van der Waals surface area (Å²) in [6.45, 7) is 7.69. The summed E-state index contributed by atoms with van der Waals surface area (Å²) in [5, 5.41) is 9.60. The SMILES string of the molecule is CCN(CC)CCOc1cccc(/C=C(\C(=O)O)c2ccc(OC)cc2)c1. The van der Waals surface area contributed by atoms with E-state index in [1.165, 1.54) is 0 Å². The molecule has 0 bridgehead atoms. The van der Waals surface area contributed by atoms with E-state index < -0.39 is 5.97 Å². The van der Waals surface area contributed by atoms with Crippen LogP contribution < -0.4 is 9.47 Å². The molecule has 0 aliphatic heterocycles. The van der Waals surface area contributed by atoms with E-state index in [9.17, 15) is 9.90 Å². The molecule has 0 aliphatic carbocycles. The normalized spacial score (nSPS) is 11.5. The smallest absolute Gasteiger partial charge is 0.336 e. The second-order valence-electron chi connectivity index (χ2n) is 6.04. The van der Waals surface area contributed by atoms with Gasteiger partial charge in [-0.2, -0.15) is 0 Å². The van der Waals surface area contributed by atoms with E-state index in [4.69, 9.17) is 9.47 Å². The van der Waals surface area contributed by atoms with Crippen LogP contribution in [-0.4, -0.2) is 49.3 Å². The number of hydrogen-bond donors (Lipinski definition) is 1. The molecular weight excluding hydrogens is 342 g/mol. The minimum atomic E-state index is -0.979. The molecule has 5 heteroatoms. The molecule has 27 heavy (non-hydrogen) atoms. The first-order valence-electron chi connectivity index (χ1n) is 9.12. The van der Waals surface area contributed by atoms with E-state index in [2.05, 4.69) is 18.7 Å².